The van der Waals surface area contributed by atoms with Crippen LogP contribution in [0.1, 0.15) is 60.6 Å². The fourth-order valence-electron chi connectivity index (χ4n) is 4.30. The summed E-state index contributed by atoms with van der Waals surface area (Å²) in [5.41, 5.74) is 0.509. The van der Waals surface area contributed by atoms with Crippen LogP contribution in [-0.4, -0.2) is 16.3 Å². The monoisotopic (exact) mass is 340 g/mol. The second-order valence-electron chi connectivity index (χ2n) is 7.04. The molecular weight excluding hydrogens is 319 g/mol. The fraction of sp³-hybridized carbons (Fsp3) is 0.400. The molecule has 1 aliphatic heterocycles. The summed E-state index contributed by atoms with van der Waals surface area (Å²) >= 11 is 0. The van der Waals surface area contributed by atoms with Gasteiger partial charge in [-0.2, -0.15) is 0 Å². The third-order valence-electron chi connectivity index (χ3n) is 5.56. The number of carbonyl (C=O) groups excluding carboxylic acids is 2. The molecule has 1 fully saturated rings. The number of benzene rings is 1. The number of Topliss-reactive ketones (excluding diaryl/α,β-unsaturated/α-hetero) is 1. The van der Waals surface area contributed by atoms with E-state index in [1.807, 2.05) is 6.07 Å². The van der Waals surface area contributed by atoms with E-state index in [4.69, 9.17) is 0 Å². The smallest absolute Gasteiger partial charge is 0.243 e. The van der Waals surface area contributed by atoms with Gasteiger partial charge in [0.25, 0.3) is 0 Å². The van der Waals surface area contributed by atoms with Gasteiger partial charge in [-0.1, -0.05) is 31.0 Å². The summed E-state index contributed by atoms with van der Waals surface area (Å²) in [7, 11) is 0. The number of carbonyl (C=O) groups is 2. The van der Waals surface area contributed by atoms with Gasteiger partial charge in [-0.05, 0) is 37.5 Å². The minimum atomic E-state index is -0.642. The molecule has 1 unspecified atom stereocenters. The second-order valence-corrected chi connectivity index (χ2v) is 7.04. The summed E-state index contributed by atoms with van der Waals surface area (Å²) in [6, 6.07) is 9.84. The Balaban J connectivity index is 1.64. The molecule has 0 spiro atoms. The predicted molar refractivity (Wildman–Crippen MR) is 91.7 cm³/mol. The lowest BCUT2D eigenvalue weighted by Gasteiger charge is -2.34. The number of hydrogen-bond acceptors (Lipinski definition) is 2. The topological polar surface area (TPSA) is 51.1 Å². The predicted octanol–water partition coefficient (Wildman–Crippen LogP) is 3.73. The van der Waals surface area contributed by atoms with Crippen LogP contribution in [0.4, 0.5) is 4.39 Å². The van der Waals surface area contributed by atoms with Crippen molar-refractivity contribution >= 4 is 11.7 Å². The van der Waals surface area contributed by atoms with Crippen molar-refractivity contribution in [2.75, 3.05) is 0 Å². The Hall–Kier alpha value is -2.43. The molecule has 4 nitrogen and oxygen atoms in total. The molecule has 25 heavy (non-hydrogen) atoms. The molecule has 1 amide bonds. The van der Waals surface area contributed by atoms with Crippen molar-refractivity contribution in [2.45, 2.75) is 50.1 Å². The Morgan fingerprint density at radius 3 is 2.68 bits per heavy atom. The van der Waals surface area contributed by atoms with E-state index in [0.717, 1.165) is 25.7 Å². The molecule has 5 heteroatoms. The first-order valence-electron chi connectivity index (χ1n) is 8.88. The Morgan fingerprint density at radius 1 is 1.16 bits per heavy atom. The van der Waals surface area contributed by atoms with Crippen LogP contribution in [0.25, 0.3) is 0 Å². The van der Waals surface area contributed by atoms with Crippen molar-refractivity contribution in [1.29, 1.82) is 0 Å². The maximum Gasteiger partial charge on any atom is 0.243 e. The van der Waals surface area contributed by atoms with E-state index in [-0.39, 0.29) is 17.5 Å². The Labute approximate surface area is 146 Å². The lowest BCUT2D eigenvalue weighted by Crippen LogP contribution is -2.48. The van der Waals surface area contributed by atoms with Gasteiger partial charge in [0.05, 0.1) is 11.2 Å². The van der Waals surface area contributed by atoms with E-state index >= 15 is 0 Å². The molecule has 1 aromatic heterocycles. The van der Waals surface area contributed by atoms with E-state index < -0.39 is 11.6 Å². The Kier molecular flexibility index (Phi) is 3.94. The first-order chi connectivity index (χ1) is 12.1. The molecular formula is C20H21FN2O2. The fourth-order valence-corrected chi connectivity index (χ4v) is 4.30. The molecule has 4 rings (SSSR count). The van der Waals surface area contributed by atoms with Crippen molar-refractivity contribution in [2.24, 2.45) is 0 Å². The summed E-state index contributed by atoms with van der Waals surface area (Å²) in [4.78, 5) is 25.0. The first kappa shape index (κ1) is 16.1. The van der Waals surface area contributed by atoms with Crippen LogP contribution in [0.2, 0.25) is 0 Å². The highest BCUT2D eigenvalue weighted by atomic mass is 19.1. The molecule has 2 heterocycles. The Bertz CT molecular complexity index is 821. The average molecular weight is 340 g/mol. The molecule has 0 bridgehead atoms. The third kappa shape index (κ3) is 2.68. The van der Waals surface area contributed by atoms with Crippen LogP contribution in [-0.2, 0) is 10.3 Å². The van der Waals surface area contributed by atoms with Gasteiger partial charge in [-0.15, -0.1) is 0 Å². The van der Waals surface area contributed by atoms with Gasteiger partial charge in [-0.3, -0.25) is 9.59 Å². The normalized spacial score (nSPS) is 21.8. The standard InChI is InChI=1S/C20H21FN2O2/c21-15-7-2-1-6-14(15)20(11-3-4-12-20)22-19(25)17-9-10-18(24)16-8-5-13-23(16)17/h1-2,5-8,13,17H,3-4,9-12H2,(H,22,25). The van der Waals surface area contributed by atoms with E-state index in [0.29, 0.717) is 24.1 Å². The molecule has 1 aromatic carbocycles. The average Bonchev–Trinajstić information content (AvgIpc) is 3.26. The van der Waals surface area contributed by atoms with Gasteiger partial charge in [0.2, 0.25) is 5.91 Å². The number of nitrogens with one attached hydrogen (secondary N) is 1. The zero-order valence-corrected chi connectivity index (χ0v) is 14.0. The number of rotatable bonds is 3. The van der Waals surface area contributed by atoms with Crippen LogP contribution < -0.4 is 5.32 Å². The largest absolute Gasteiger partial charge is 0.345 e. The molecule has 1 N–H and O–H groups in total. The van der Waals surface area contributed by atoms with Gasteiger partial charge in [0.1, 0.15) is 11.9 Å². The van der Waals surface area contributed by atoms with Gasteiger partial charge in [0, 0.05) is 18.2 Å². The maximum absolute atomic E-state index is 14.4. The molecule has 0 saturated heterocycles. The van der Waals surface area contributed by atoms with E-state index in [1.165, 1.54) is 6.07 Å². The minimum absolute atomic E-state index is 0.0683. The minimum Gasteiger partial charge on any atom is -0.345 e. The quantitative estimate of drug-likeness (QED) is 0.925. The van der Waals surface area contributed by atoms with Gasteiger partial charge >= 0.3 is 0 Å². The number of halogens is 1. The zero-order chi connectivity index (χ0) is 17.4. The van der Waals surface area contributed by atoms with Crippen molar-refractivity contribution in [3.8, 4) is 0 Å². The highest BCUT2D eigenvalue weighted by Crippen LogP contribution is 2.40. The van der Waals surface area contributed by atoms with Crippen molar-refractivity contribution < 1.29 is 14.0 Å². The van der Waals surface area contributed by atoms with Crippen LogP contribution >= 0.6 is 0 Å². The summed E-state index contributed by atoms with van der Waals surface area (Å²) in [5, 5.41) is 3.15. The number of fused-ring (bicyclic) bond motifs is 1. The lowest BCUT2D eigenvalue weighted by atomic mass is 9.87. The van der Waals surface area contributed by atoms with Gasteiger partial charge in [-0.25, -0.2) is 4.39 Å². The number of ketones is 1. The third-order valence-corrected chi connectivity index (χ3v) is 5.56. The molecule has 0 radical (unpaired) electrons. The van der Waals surface area contributed by atoms with E-state index in [1.54, 1.807) is 35.0 Å². The zero-order valence-electron chi connectivity index (χ0n) is 14.0. The van der Waals surface area contributed by atoms with Crippen molar-refractivity contribution in [1.82, 2.24) is 9.88 Å². The van der Waals surface area contributed by atoms with Crippen LogP contribution in [0, 0.1) is 5.82 Å². The molecule has 1 saturated carbocycles. The molecule has 2 aromatic rings. The summed E-state index contributed by atoms with van der Waals surface area (Å²) < 4.78 is 16.2. The van der Waals surface area contributed by atoms with Crippen molar-refractivity contribution in [3.63, 3.8) is 0 Å². The van der Waals surface area contributed by atoms with Crippen molar-refractivity contribution in [3.05, 3.63) is 59.7 Å². The van der Waals surface area contributed by atoms with E-state index in [2.05, 4.69) is 5.32 Å². The second kappa shape index (κ2) is 6.14. The van der Waals surface area contributed by atoms with Gasteiger partial charge < -0.3 is 9.88 Å². The van der Waals surface area contributed by atoms with Crippen LogP contribution in [0.5, 0.6) is 0 Å². The molecule has 1 atom stereocenters. The first-order valence-corrected chi connectivity index (χ1v) is 8.88. The number of aromatic nitrogens is 1. The summed E-state index contributed by atoms with van der Waals surface area (Å²) in [5.74, 6) is -0.334. The maximum atomic E-state index is 14.4. The summed E-state index contributed by atoms with van der Waals surface area (Å²) in [6.07, 6.45) is 6.04. The van der Waals surface area contributed by atoms with Crippen LogP contribution in [0.3, 0.4) is 0 Å². The SMILES string of the molecule is O=C1CCC(C(=O)NC2(c3ccccc3F)CCCC2)n2cccc21. The lowest BCUT2D eigenvalue weighted by molar-refractivity contribution is -0.126. The number of nitrogens with zero attached hydrogens (tertiary/aromatic N) is 1. The number of hydrogen-bond donors (Lipinski definition) is 1. The number of amides is 1. The Morgan fingerprint density at radius 2 is 1.92 bits per heavy atom. The van der Waals surface area contributed by atoms with Gasteiger partial charge in [0.15, 0.2) is 5.78 Å². The van der Waals surface area contributed by atoms with Crippen LogP contribution in [0.15, 0.2) is 42.6 Å². The molecule has 2 aliphatic rings. The van der Waals surface area contributed by atoms with E-state index in [9.17, 15) is 14.0 Å². The molecule has 1 aliphatic carbocycles. The molecule has 130 valence electrons. The highest BCUT2D eigenvalue weighted by Gasteiger charge is 2.41. The summed E-state index contributed by atoms with van der Waals surface area (Å²) in [6.45, 7) is 0. The highest BCUT2D eigenvalue weighted by molar-refractivity contribution is 5.97.